The largest absolute Gasteiger partial charge is 0.488 e. The van der Waals surface area contributed by atoms with Crippen molar-refractivity contribution in [2.24, 2.45) is 0 Å². The second kappa shape index (κ2) is 6.60. The van der Waals surface area contributed by atoms with E-state index >= 15 is 0 Å². The molecule has 1 fully saturated rings. The summed E-state index contributed by atoms with van der Waals surface area (Å²) in [4.78, 5) is 0. The van der Waals surface area contributed by atoms with Gasteiger partial charge >= 0.3 is 6.18 Å². The van der Waals surface area contributed by atoms with Crippen LogP contribution in [0.4, 0.5) is 22.0 Å². The fourth-order valence-electron chi connectivity index (χ4n) is 1.85. The number of alkyl halides is 3. The highest BCUT2D eigenvalue weighted by atomic mass is 19.4. The standard InChI is InChI=1S/C14H16F5NO/c15-11-6-9(8-20-10-2-3-10)7-12(16)13(11)21-5-1-4-14(17,18)19/h6-7,10,20H,1-5,8H2. The lowest BCUT2D eigenvalue weighted by Crippen LogP contribution is -2.16. The Morgan fingerprint density at radius 3 is 2.29 bits per heavy atom. The zero-order chi connectivity index (χ0) is 15.5. The lowest BCUT2D eigenvalue weighted by atomic mass is 10.2. The fraction of sp³-hybridized carbons (Fsp3) is 0.571. The van der Waals surface area contributed by atoms with Gasteiger partial charge in [-0.1, -0.05) is 0 Å². The summed E-state index contributed by atoms with van der Waals surface area (Å²) in [6.07, 6.45) is -3.55. The number of halogens is 5. The van der Waals surface area contributed by atoms with E-state index in [0.29, 0.717) is 18.2 Å². The van der Waals surface area contributed by atoms with Gasteiger partial charge in [0.05, 0.1) is 6.61 Å². The monoisotopic (exact) mass is 309 g/mol. The van der Waals surface area contributed by atoms with Crippen molar-refractivity contribution in [3.8, 4) is 5.75 Å². The van der Waals surface area contributed by atoms with E-state index < -0.39 is 30.0 Å². The van der Waals surface area contributed by atoms with Gasteiger partial charge < -0.3 is 10.1 Å². The third kappa shape index (κ3) is 5.49. The summed E-state index contributed by atoms with van der Waals surface area (Å²) in [5, 5.41) is 3.12. The van der Waals surface area contributed by atoms with Crippen LogP contribution in [0.2, 0.25) is 0 Å². The van der Waals surface area contributed by atoms with Crippen LogP contribution in [-0.2, 0) is 6.54 Å². The van der Waals surface area contributed by atoms with Crippen molar-refractivity contribution in [1.29, 1.82) is 0 Å². The molecule has 0 atom stereocenters. The molecule has 1 N–H and O–H groups in total. The maximum absolute atomic E-state index is 13.7. The molecular weight excluding hydrogens is 293 g/mol. The Morgan fingerprint density at radius 1 is 1.14 bits per heavy atom. The first-order chi connectivity index (χ1) is 9.85. The van der Waals surface area contributed by atoms with Gasteiger partial charge in [-0.2, -0.15) is 13.2 Å². The Morgan fingerprint density at radius 2 is 1.76 bits per heavy atom. The molecule has 118 valence electrons. The van der Waals surface area contributed by atoms with Crippen LogP contribution in [-0.4, -0.2) is 18.8 Å². The fourth-order valence-corrected chi connectivity index (χ4v) is 1.85. The Bertz CT molecular complexity index is 462. The van der Waals surface area contributed by atoms with E-state index in [0.717, 1.165) is 25.0 Å². The zero-order valence-corrected chi connectivity index (χ0v) is 11.3. The van der Waals surface area contributed by atoms with Crippen LogP contribution >= 0.6 is 0 Å². The van der Waals surface area contributed by atoms with E-state index in [4.69, 9.17) is 4.74 Å². The van der Waals surface area contributed by atoms with E-state index in [-0.39, 0.29) is 13.0 Å². The number of nitrogens with one attached hydrogen (secondary N) is 1. The first kappa shape index (κ1) is 16.0. The van der Waals surface area contributed by atoms with Crippen molar-refractivity contribution in [2.45, 2.75) is 44.4 Å². The molecule has 0 unspecified atom stereocenters. The lowest BCUT2D eigenvalue weighted by molar-refractivity contribution is -0.136. The van der Waals surface area contributed by atoms with Crippen LogP contribution < -0.4 is 10.1 Å². The SMILES string of the molecule is Fc1cc(CNC2CC2)cc(F)c1OCCCC(F)(F)F. The molecule has 0 heterocycles. The molecule has 21 heavy (non-hydrogen) atoms. The number of benzene rings is 1. The summed E-state index contributed by atoms with van der Waals surface area (Å²) >= 11 is 0. The average molecular weight is 309 g/mol. The van der Waals surface area contributed by atoms with Gasteiger partial charge in [0.2, 0.25) is 0 Å². The summed E-state index contributed by atoms with van der Waals surface area (Å²) in [5.41, 5.74) is 0.444. The molecule has 2 rings (SSSR count). The normalized spacial score (nSPS) is 15.3. The molecule has 0 amide bonds. The molecule has 1 saturated carbocycles. The molecule has 7 heteroatoms. The van der Waals surface area contributed by atoms with Gasteiger partial charge in [-0.15, -0.1) is 0 Å². The molecule has 0 saturated heterocycles. The third-order valence-electron chi connectivity index (χ3n) is 3.08. The molecule has 0 radical (unpaired) electrons. The molecule has 2 nitrogen and oxygen atoms in total. The highest BCUT2D eigenvalue weighted by Gasteiger charge is 2.26. The average Bonchev–Trinajstić information content (AvgIpc) is 3.17. The van der Waals surface area contributed by atoms with Crippen molar-refractivity contribution < 1.29 is 26.7 Å². The van der Waals surface area contributed by atoms with E-state index in [1.807, 2.05) is 0 Å². The van der Waals surface area contributed by atoms with Crippen LogP contribution in [0.1, 0.15) is 31.2 Å². The maximum Gasteiger partial charge on any atom is 0.389 e. The third-order valence-corrected chi connectivity index (χ3v) is 3.08. The molecule has 1 aliphatic carbocycles. The molecule has 0 aliphatic heterocycles. The second-order valence-electron chi connectivity index (χ2n) is 5.11. The van der Waals surface area contributed by atoms with Crippen LogP contribution in [0.25, 0.3) is 0 Å². The summed E-state index contributed by atoms with van der Waals surface area (Å²) in [6, 6.07) is 2.68. The number of rotatable bonds is 7. The smallest absolute Gasteiger partial charge is 0.389 e. The highest BCUT2D eigenvalue weighted by molar-refractivity contribution is 5.31. The molecule has 0 bridgehead atoms. The van der Waals surface area contributed by atoms with Gasteiger partial charge in [0, 0.05) is 19.0 Å². The number of hydrogen-bond donors (Lipinski definition) is 1. The van der Waals surface area contributed by atoms with Gasteiger partial charge in [0.15, 0.2) is 17.4 Å². The number of ether oxygens (including phenoxy) is 1. The first-order valence-electron chi connectivity index (χ1n) is 6.76. The summed E-state index contributed by atoms with van der Waals surface area (Å²) in [6.45, 7) is -0.0279. The van der Waals surface area contributed by atoms with Crippen molar-refractivity contribution in [3.63, 3.8) is 0 Å². The van der Waals surface area contributed by atoms with E-state index in [2.05, 4.69) is 5.32 Å². The van der Waals surface area contributed by atoms with Gasteiger partial charge in [-0.3, -0.25) is 0 Å². The van der Waals surface area contributed by atoms with Crippen molar-refractivity contribution in [3.05, 3.63) is 29.3 Å². The van der Waals surface area contributed by atoms with Gasteiger partial charge in [-0.25, -0.2) is 8.78 Å². The molecule has 1 aliphatic rings. The number of hydrogen-bond acceptors (Lipinski definition) is 2. The highest BCUT2D eigenvalue weighted by Crippen LogP contribution is 2.26. The van der Waals surface area contributed by atoms with E-state index in [1.54, 1.807) is 0 Å². The Labute approximate surface area is 119 Å². The van der Waals surface area contributed by atoms with Gasteiger partial charge in [0.25, 0.3) is 0 Å². The molecule has 0 spiro atoms. The minimum absolute atomic E-state index is 0.340. The van der Waals surface area contributed by atoms with Gasteiger partial charge in [-0.05, 0) is 37.0 Å². The quantitative estimate of drug-likeness (QED) is 0.608. The molecular formula is C14H16F5NO. The second-order valence-corrected chi connectivity index (χ2v) is 5.11. The Balaban J connectivity index is 1.86. The van der Waals surface area contributed by atoms with Crippen LogP contribution in [0.5, 0.6) is 5.75 Å². The Hall–Kier alpha value is -1.37. The first-order valence-corrected chi connectivity index (χ1v) is 6.76. The molecule has 1 aromatic rings. The predicted molar refractivity (Wildman–Crippen MR) is 67.0 cm³/mol. The van der Waals surface area contributed by atoms with E-state index in [9.17, 15) is 22.0 Å². The maximum atomic E-state index is 13.7. The van der Waals surface area contributed by atoms with Crippen molar-refractivity contribution in [1.82, 2.24) is 5.32 Å². The van der Waals surface area contributed by atoms with Crippen LogP contribution in [0.15, 0.2) is 12.1 Å². The van der Waals surface area contributed by atoms with E-state index in [1.165, 1.54) is 0 Å². The Kier molecular flexibility index (Phi) is 5.03. The van der Waals surface area contributed by atoms with Crippen LogP contribution in [0, 0.1) is 11.6 Å². The molecule has 0 aromatic heterocycles. The summed E-state index contributed by atoms with van der Waals surface area (Å²) in [7, 11) is 0. The van der Waals surface area contributed by atoms with Crippen molar-refractivity contribution in [2.75, 3.05) is 6.61 Å². The van der Waals surface area contributed by atoms with Gasteiger partial charge in [0.1, 0.15) is 0 Å². The minimum Gasteiger partial charge on any atom is -0.488 e. The summed E-state index contributed by atoms with van der Waals surface area (Å²) < 4.78 is 68.0. The lowest BCUT2D eigenvalue weighted by Gasteiger charge is -2.11. The topological polar surface area (TPSA) is 21.3 Å². The van der Waals surface area contributed by atoms with Crippen LogP contribution in [0.3, 0.4) is 0 Å². The minimum atomic E-state index is -4.29. The zero-order valence-electron chi connectivity index (χ0n) is 11.3. The van der Waals surface area contributed by atoms with Crippen molar-refractivity contribution >= 4 is 0 Å². The predicted octanol–water partition coefficient (Wildman–Crippen LogP) is 3.94. The summed E-state index contributed by atoms with van der Waals surface area (Å²) in [5.74, 6) is -2.41. The molecule has 1 aromatic carbocycles.